The molecule has 172 valence electrons. The van der Waals surface area contributed by atoms with E-state index in [1.165, 1.54) is 0 Å². The van der Waals surface area contributed by atoms with E-state index in [0.717, 1.165) is 39.8 Å². The van der Waals surface area contributed by atoms with Gasteiger partial charge in [-0.25, -0.2) is 18.3 Å². The van der Waals surface area contributed by atoms with E-state index in [9.17, 15) is 8.78 Å². The molecule has 0 bridgehead atoms. The Kier molecular flexibility index (Phi) is 5.26. The molecule has 1 aliphatic carbocycles. The summed E-state index contributed by atoms with van der Waals surface area (Å²) in [6.07, 6.45) is 7.26. The number of alkyl halides is 2. The van der Waals surface area contributed by atoms with Crippen LogP contribution in [-0.2, 0) is 0 Å². The Bertz CT molecular complexity index is 1310. The summed E-state index contributed by atoms with van der Waals surface area (Å²) in [5.41, 5.74) is 5.16. The summed E-state index contributed by atoms with van der Waals surface area (Å²) in [6, 6.07) is 4.03. The van der Waals surface area contributed by atoms with Gasteiger partial charge in [-0.3, -0.25) is 0 Å². The van der Waals surface area contributed by atoms with Crippen molar-refractivity contribution in [2.75, 3.05) is 18.4 Å². The average molecular weight is 452 g/mol. The van der Waals surface area contributed by atoms with Gasteiger partial charge in [-0.05, 0) is 29.5 Å². The van der Waals surface area contributed by atoms with Crippen LogP contribution in [-0.4, -0.2) is 43.6 Å². The molecule has 0 aromatic carbocycles. The monoisotopic (exact) mass is 451 g/mol. The molecular formula is C24H27F2N7. The van der Waals surface area contributed by atoms with Gasteiger partial charge in [-0.2, -0.15) is 10.1 Å². The number of nitrogens with zero attached hydrogens (tertiary/aromatic N) is 4. The Morgan fingerprint density at radius 1 is 1.33 bits per heavy atom. The van der Waals surface area contributed by atoms with Gasteiger partial charge < -0.3 is 15.6 Å². The Hall–Kier alpha value is -3.49. The van der Waals surface area contributed by atoms with Gasteiger partial charge in [0.25, 0.3) is 0 Å². The number of aromatic nitrogens is 5. The SMILES string of the molecule is C=C(NCC1CC(F)(F)C1)c1cnn2ccc(-c3c[nH]c4nc(NCC(C)C)ncc34)cc12. The predicted molar refractivity (Wildman–Crippen MR) is 126 cm³/mol. The minimum absolute atomic E-state index is 0.0275. The van der Waals surface area contributed by atoms with Crippen molar-refractivity contribution in [2.45, 2.75) is 32.6 Å². The van der Waals surface area contributed by atoms with Gasteiger partial charge in [0.15, 0.2) is 0 Å². The highest BCUT2D eigenvalue weighted by atomic mass is 19.3. The van der Waals surface area contributed by atoms with Gasteiger partial charge in [0.1, 0.15) is 5.65 Å². The number of hydrogen-bond acceptors (Lipinski definition) is 5. The molecule has 5 rings (SSSR count). The number of nitrogens with one attached hydrogen (secondary N) is 3. The van der Waals surface area contributed by atoms with Crippen LogP contribution in [0.2, 0.25) is 0 Å². The van der Waals surface area contributed by atoms with Crippen LogP contribution in [0, 0.1) is 11.8 Å². The molecule has 1 fully saturated rings. The Morgan fingerprint density at radius 3 is 2.91 bits per heavy atom. The highest BCUT2D eigenvalue weighted by Crippen LogP contribution is 2.42. The number of rotatable bonds is 8. The molecule has 0 saturated heterocycles. The maximum atomic E-state index is 13.1. The largest absolute Gasteiger partial charge is 0.385 e. The third-order valence-corrected chi connectivity index (χ3v) is 6.04. The van der Waals surface area contributed by atoms with Crippen LogP contribution < -0.4 is 10.6 Å². The van der Waals surface area contributed by atoms with Gasteiger partial charge in [0.05, 0.1) is 11.7 Å². The fourth-order valence-electron chi connectivity index (χ4n) is 4.20. The van der Waals surface area contributed by atoms with Gasteiger partial charge in [0.2, 0.25) is 11.9 Å². The third kappa shape index (κ3) is 4.27. The van der Waals surface area contributed by atoms with Crippen molar-refractivity contribution >= 4 is 28.2 Å². The third-order valence-electron chi connectivity index (χ3n) is 6.04. The molecule has 0 atom stereocenters. The molecule has 0 radical (unpaired) electrons. The first-order valence-electron chi connectivity index (χ1n) is 11.2. The highest BCUT2D eigenvalue weighted by molar-refractivity contribution is 5.94. The van der Waals surface area contributed by atoms with Crippen LogP contribution in [0.15, 0.2) is 43.5 Å². The van der Waals surface area contributed by atoms with Crippen molar-refractivity contribution in [1.29, 1.82) is 0 Å². The summed E-state index contributed by atoms with van der Waals surface area (Å²) in [6.45, 7) is 9.67. The fraction of sp³-hybridized carbons (Fsp3) is 0.375. The molecule has 7 nitrogen and oxygen atoms in total. The summed E-state index contributed by atoms with van der Waals surface area (Å²) in [7, 11) is 0. The van der Waals surface area contributed by atoms with Crippen molar-refractivity contribution in [3.05, 3.63) is 49.1 Å². The molecule has 4 heterocycles. The Labute approximate surface area is 190 Å². The van der Waals surface area contributed by atoms with Crippen LogP contribution in [0.3, 0.4) is 0 Å². The normalized spacial score (nSPS) is 15.8. The average Bonchev–Trinajstić information content (AvgIpc) is 3.37. The van der Waals surface area contributed by atoms with Gasteiger partial charge in [-0.15, -0.1) is 0 Å². The number of halogens is 2. The predicted octanol–water partition coefficient (Wildman–Crippen LogP) is 4.95. The number of anilines is 1. The molecule has 1 aliphatic rings. The second-order valence-electron chi connectivity index (χ2n) is 9.23. The highest BCUT2D eigenvalue weighted by Gasteiger charge is 2.44. The second-order valence-corrected chi connectivity index (χ2v) is 9.23. The van der Waals surface area contributed by atoms with Crippen molar-refractivity contribution in [3.8, 4) is 11.1 Å². The first-order chi connectivity index (χ1) is 15.8. The number of pyridine rings is 1. The van der Waals surface area contributed by atoms with Gasteiger partial charge >= 0.3 is 0 Å². The standard InChI is InChI=1S/C24H27F2N7/c1-14(2)9-29-23-30-12-20-19(11-28-22(20)32-23)17-4-5-33-21(6-17)18(13-31-33)15(3)27-10-16-7-24(25,26)8-16/h4-6,11-14,16,27H,3,7-10H2,1-2H3,(H2,28,29,30,32). The summed E-state index contributed by atoms with van der Waals surface area (Å²) in [4.78, 5) is 12.3. The fourth-order valence-corrected chi connectivity index (χ4v) is 4.20. The second kappa shape index (κ2) is 8.13. The van der Waals surface area contributed by atoms with E-state index in [1.54, 1.807) is 10.7 Å². The van der Waals surface area contributed by atoms with E-state index in [4.69, 9.17) is 0 Å². The van der Waals surface area contributed by atoms with E-state index < -0.39 is 5.92 Å². The molecule has 0 amide bonds. The molecule has 9 heteroatoms. The lowest BCUT2D eigenvalue weighted by molar-refractivity contribution is -0.108. The molecule has 0 unspecified atom stereocenters. The van der Waals surface area contributed by atoms with Crippen molar-refractivity contribution < 1.29 is 8.78 Å². The van der Waals surface area contributed by atoms with Crippen LogP contribution in [0.5, 0.6) is 0 Å². The van der Waals surface area contributed by atoms with E-state index in [0.29, 0.717) is 24.1 Å². The smallest absolute Gasteiger partial charge is 0.248 e. The van der Waals surface area contributed by atoms with Gasteiger partial charge in [-0.1, -0.05) is 20.4 Å². The van der Waals surface area contributed by atoms with Crippen LogP contribution in [0.4, 0.5) is 14.7 Å². The lowest BCUT2D eigenvalue weighted by Crippen LogP contribution is -2.40. The number of hydrogen-bond donors (Lipinski definition) is 3. The topological polar surface area (TPSA) is 82.9 Å². The van der Waals surface area contributed by atoms with E-state index >= 15 is 0 Å². The summed E-state index contributed by atoms with van der Waals surface area (Å²) >= 11 is 0. The molecule has 33 heavy (non-hydrogen) atoms. The zero-order valence-corrected chi connectivity index (χ0v) is 18.7. The van der Waals surface area contributed by atoms with E-state index in [1.807, 2.05) is 30.7 Å². The van der Waals surface area contributed by atoms with Crippen LogP contribution in [0.1, 0.15) is 32.3 Å². The summed E-state index contributed by atoms with van der Waals surface area (Å²) in [5.74, 6) is -1.44. The minimum Gasteiger partial charge on any atom is -0.385 e. The Balaban J connectivity index is 1.38. The molecule has 1 saturated carbocycles. The first-order valence-corrected chi connectivity index (χ1v) is 11.2. The molecular weight excluding hydrogens is 424 g/mol. The maximum Gasteiger partial charge on any atom is 0.248 e. The zero-order valence-electron chi connectivity index (χ0n) is 18.7. The van der Waals surface area contributed by atoms with Crippen molar-refractivity contribution in [2.24, 2.45) is 11.8 Å². The number of H-pyrrole nitrogens is 1. The van der Waals surface area contributed by atoms with E-state index in [-0.39, 0.29) is 18.8 Å². The van der Waals surface area contributed by atoms with Crippen LogP contribution >= 0.6 is 0 Å². The van der Waals surface area contributed by atoms with Crippen molar-refractivity contribution in [3.63, 3.8) is 0 Å². The molecule has 0 spiro atoms. The minimum atomic E-state index is -2.51. The number of aromatic amines is 1. The number of fused-ring (bicyclic) bond motifs is 2. The van der Waals surface area contributed by atoms with E-state index in [2.05, 4.69) is 51.1 Å². The first kappa shape index (κ1) is 21.4. The van der Waals surface area contributed by atoms with Crippen molar-refractivity contribution in [1.82, 2.24) is 29.9 Å². The lowest BCUT2D eigenvalue weighted by Gasteiger charge is -2.35. The molecule has 0 aliphatic heterocycles. The molecule has 4 aromatic rings. The summed E-state index contributed by atoms with van der Waals surface area (Å²) in [5, 5.41) is 11.8. The molecule has 4 aromatic heterocycles. The zero-order chi connectivity index (χ0) is 23.2. The van der Waals surface area contributed by atoms with Gasteiger partial charge in [0, 0.05) is 66.7 Å². The quantitative estimate of drug-likeness (QED) is 0.353. The molecule has 3 N–H and O–H groups in total. The lowest BCUT2D eigenvalue weighted by atomic mass is 9.81. The summed E-state index contributed by atoms with van der Waals surface area (Å²) < 4.78 is 28.0. The maximum absolute atomic E-state index is 13.1. The van der Waals surface area contributed by atoms with Crippen LogP contribution in [0.25, 0.3) is 33.4 Å². The Morgan fingerprint density at radius 2 is 2.15 bits per heavy atom.